The zero-order valence-electron chi connectivity index (χ0n) is 11.4. The number of unbranched alkanes of at least 4 members (excludes halogenated alkanes) is 1. The maximum absolute atomic E-state index is 8.38. The lowest BCUT2D eigenvalue weighted by molar-refractivity contribution is 0.316. The molecule has 0 radical (unpaired) electrons. The molecule has 106 valence electrons. The minimum absolute atomic E-state index is 0.302. The largest absolute Gasteiger partial charge is 0.497 e. The number of rotatable bonds is 9. The number of nitrogens with zero attached hydrogens (tertiary/aromatic N) is 1. The molecule has 0 bridgehead atoms. The van der Waals surface area contributed by atoms with Gasteiger partial charge in [0.15, 0.2) is 0 Å². The molecule has 0 aromatic heterocycles. The number of benzene rings is 1. The van der Waals surface area contributed by atoms with E-state index in [9.17, 15) is 0 Å². The second kappa shape index (κ2) is 9.22. The molecule has 0 aliphatic heterocycles. The van der Waals surface area contributed by atoms with Crippen molar-refractivity contribution in [3.8, 4) is 5.75 Å². The van der Waals surface area contributed by atoms with Crippen molar-refractivity contribution in [3.05, 3.63) is 29.8 Å². The standard InChI is InChI=1S/C14H23N3O2/c1-19-13-6-4-5-12(11-13)8-10-16-9-3-2-7-14(15)17-18/h4-6,11,16,18H,2-3,7-10H2,1H3,(H2,15,17). The van der Waals surface area contributed by atoms with Crippen LogP contribution in [0, 0.1) is 0 Å². The first-order chi connectivity index (χ1) is 9.26. The second-order valence-corrected chi connectivity index (χ2v) is 4.40. The van der Waals surface area contributed by atoms with Gasteiger partial charge >= 0.3 is 0 Å². The number of hydrogen-bond donors (Lipinski definition) is 3. The number of oxime groups is 1. The average Bonchev–Trinajstić information content (AvgIpc) is 2.46. The van der Waals surface area contributed by atoms with Crippen LogP contribution < -0.4 is 15.8 Å². The molecule has 0 heterocycles. The summed E-state index contributed by atoms with van der Waals surface area (Å²) >= 11 is 0. The van der Waals surface area contributed by atoms with E-state index in [4.69, 9.17) is 15.7 Å². The maximum atomic E-state index is 8.38. The van der Waals surface area contributed by atoms with Crippen LogP contribution in [0.25, 0.3) is 0 Å². The minimum Gasteiger partial charge on any atom is -0.497 e. The van der Waals surface area contributed by atoms with Crippen molar-refractivity contribution in [2.75, 3.05) is 20.2 Å². The van der Waals surface area contributed by atoms with Crippen LogP contribution >= 0.6 is 0 Å². The lowest BCUT2D eigenvalue weighted by Gasteiger charge is -2.06. The van der Waals surface area contributed by atoms with Gasteiger partial charge in [-0.2, -0.15) is 0 Å². The van der Waals surface area contributed by atoms with Crippen molar-refractivity contribution in [3.63, 3.8) is 0 Å². The summed E-state index contributed by atoms with van der Waals surface area (Å²) in [6.07, 6.45) is 3.59. The van der Waals surface area contributed by atoms with Crippen molar-refractivity contribution >= 4 is 5.84 Å². The van der Waals surface area contributed by atoms with Crippen molar-refractivity contribution in [2.45, 2.75) is 25.7 Å². The van der Waals surface area contributed by atoms with Crippen LogP contribution in [0.15, 0.2) is 29.4 Å². The third-order valence-corrected chi connectivity index (χ3v) is 2.89. The Balaban J connectivity index is 2.07. The highest BCUT2D eigenvalue weighted by atomic mass is 16.5. The summed E-state index contributed by atoms with van der Waals surface area (Å²) in [6, 6.07) is 8.11. The molecule has 19 heavy (non-hydrogen) atoms. The quantitative estimate of drug-likeness (QED) is 0.209. The van der Waals surface area contributed by atoms with Crippen LogP contribution in [0.3, 0.4) is 0 Å². The summed E-state index contributed by atoms with van der Waals surface area (Å²) in [5.74, 6) is 1.20. The van der Waals surface area contributed by atoms with Gasteiger partial charge in [0, 0.05) is 6.42 Å². The number of hydrogen-bond acceptors (Lipinski definition) is 4. The average molecular weight is 265 g/mol. The van der Waals surface area contributed by atoms with Gasteiger partial charge in [-0.25, -0.2) is 0 Å². The summed E-state index contributed by atoms with van der Waals surface area (Å²) in [7, 11) is 1.68. The first-order valence-corrected chi connectivity index (χ1v) is 6.56. The highest BCUT2D eigenvalue weighted by molar-refractivity contribution is 5.79. The second-order valence-electron chi connectivity index (χ2n) is 4.40. The molecule has 5 nitrogen and oxygen atoms in total. The summed E-state index contributed by atoms with van der Waals surface area (Å²) in [5.41, 5.74) is 6.65. The molecule has 0 amide bonds. The third kappa shape index (κ3) is 6.67. The van der Waals surface area contributed by atoms with E-state index in [0.717, 1.165) is 38.1 Å². The topological polar surface area (TPSA) is 79.9 Å². The lowest BCUT2D eigenvalue weighted by Crippen LogP contribution is -2.19. The van der Waals surface area contributed by atoms with Crippen LogP contribution in [0.2, 0.25) is 0 Å². The molecule has 0 fully saturated rings. The van der Waals surface area contributed by atoms with Crippen LogP contribution in [0.5, 0.6) is 5.75 Å². The number of amidine groups is 1. The molecule has 1 aromatic carbocycles. The van der Waals surface area contributed by atoms with Crippen LogP contribution in [0.1, 0.15) is 24.8 Å². The van der Waals surface area contributed by atoms with Gasteiger partial charge < -0.3 is 21.0 Å². The molecule has 0 saturated heterocycles. The van der Waals surface area contributed by atoms with E-state index in [2.05, 4.69) is 22.6 Å². The fraction of sp³-hybridized carbons (Fsp3) is 0.500. The van der Waals surface area contributed by atoms with Gasteiger partial charge in [0.1, 0.15) is 11.6 Å². The molecule has 1 rings (SSSR count). The van der Waals surface area contributed by atoms with E-state index in [-0.39, 0.29) is 0 Å². The van der Waals surface area contributed by atoms with E-state index >= 15 is 0 Å². The van der Waals surface area contributed by atoms with E-state index < -0.39 is 0 Å². The molecule has 0 aliphatic rings. The molecule has 4 N–H and O–H groups in total. The molecule has 0 spiro atoms. The monoisotopic (exact) mass is 265 g/mol. The molecule has 1 aromatic rings. The van der Waals surface area contributed by atoms with Crippen LogP contribution in [-0.4, -0.2) is 31.2 Å². The maximum Gasteiger partial charge on any atom is 0.139 e. The summed E-state index contributed by atoms with van der Waals surface area (Å²) in [6.45, 7) is 1.89. The molecular weight excluding hydrogens is 242 g/mol. The zero-order chi connectivity index (χ0) is 13.9. The van der Waals surface area contributed by atoms with E-state index in [1.165, 1.54) is 5.56 Å². The van der Waals surface area contributed by atoms with E-state index in [1.54, 1.807) is 7.11 Å². The minimum atomic E-state index is 0.302. The smallest absolute Gasteiger partial charge is 0.139 e. The fourth-order valence-corrected chi connectivity index (χ4v) is 1.79. The predicted octanol–water partition coefficient (Wildman–Crippen LogP) is 1.74. The van der Waals surface area contributed by atoms with Crippen molar-refractivity contribution in [1.82, 2.24) is 5.32 Å². The Hall–Kier alpha value is -1.75. The van der Waals surface area contributed by atoms with Crippen molar-refractivity contribution < 1.29 is 9.94 Å². The Bertz CT molecular complexity index is 394. The van der Waals surface area contributed by atoms with Crippen molar-refractivity contribution in [2.24, 2.45) is 10.9 Å². The van der Waals surface area contributed by atoms with Gasteiger partial charge in [0.05, 0.1) is 7.11 Å². The third-order valence-electron chi connectivity index (χ3n) is 2.89. The number of ether oxygens (including phenoxy) is 1. The first kappa shape index (κ1) is 15.3. The molecule has 0 saturated carbocycles. The van der Waals surface area contributed by atoms with Gasteiger partial charge in [-0.05, 0) is 50.0 Å². The number of methoxy groups -OCH3 is 1. The summed E-state index contributed by atoms with van der Waals surface area (Å²) in [5, 5.41) is 14.7. The fourth-order valence-electron chi connectivity index (χ4n) is 1.79. The first-order valence-electron chi connectivity index (χ1n) is 6.56. The van der Waals surface area contributed by atoms with Gasteiger partial charge in [-0.1, -0.05) is 17.3 Å². The zero-order valence-corrected chi connectivity index (χ0v) is 11.4. The van der Waals surface area contributed by atoms with Gasteiger partial charge in [0.2, 0.25) is 0 Å². The summed E-state index contributed by atoms with van der Waals surface area (Å²) in [4.78, 5) is 0. The normalized spacial score (nSPS) is 11.5. The molecule has 5 heteroatoms. The Labute approximate surface area is 114 Å². The van der Waals surface area contributed by atoms with Gasteiger partial charge in [-0.15, -0.1) is 0 Å². The van der Waals surface area contributed by atoms with Gasteiger partial charge in [-0.3, -0.25) is 0 Å². The van der Waals surface area contributed by atoms with Gasteiger partial charge in [0.25, 0.3) is 0 Å². The Morgan fingerprint density at radius 1 is 1.37 bits per heavy atom. The Kier molecular flexibility index (Phi) is 7.43. The molecular formula is C14H23N3O2. The molecule has 0 aliphatic carbocycles. The van der Waals surface area contributed by atoms with Crippen LogP contribution in [-0.2, 0) is 6.42 Å². The van der Waals surface area contributed by atoms with Crippen LogP contribution in [0.4, 0.5) is 0 Å². The Morgan fingerprint density at radius 2 is 2.21 bits per heavy atom. The number of nitrogens with one attached hydrogen (secondary N) is 1. The highest BCUT2D eigenvalue weighted by Crippen LogP contribution is 2.12. The van der Waals surface area contributed by atoms with E-state index in [0.29, 0.717) is 12.3 Å². The predicted molar refractivity (Wildman–Crippen MR) is 76.8 cm³/mol. The van der Waals surface area contributed by atoms with E-state index in [1.807, 2.05) is 12.1 Å². The molecule has 0 atom stereocenters. The summed E-state index contributed by atoms with van der Waals surface area (Å²) < 4.78 is 5.18. The van der Waals surface area contributed by atoms with Crippen molar-refractivity contribution in [1.29, 1.82) is 0 Å². The molecule has 0 unspecified atom stereocenters. The lowest BCUT2D eigenvalue weighted by atomic mass is 10.1. The SMILES string of the molecule is COc1cccc(CCNCCCC/C(N)=N/O)c1. The Morgan fingerprint density at radius 3 is 2.95 bits per heavy atom. The highest BCUT2D eigenvalue weighted by Gasteiger charge is 1.97. The number of nitrogens with two attached hydrogens (primary N) is 1.